The Hall–Kier alpha value is -4.02. The first-order valence-electron chi connectivity index (χ1n) is 13.4. The first-order valence-corrected chi connectivity index (χ1v) is 14.6. The highest BCUT2D eigenvalue weighted by Gasteiger charge is 2.39. The van der Waals surface area contributed by atoms with Gasteiger partial charge >= 0.3 is 12.2 Å². The van der Waals surface area contributed by atoms with Gasteiger partial charge in [0.2, 0.25) is 0 Å². The normalized spacial score (nSPS) is 14.1. The molecule has 0 saturated carbocycles. The number of pyridine rings is 2. The summed E-state index contributed by atoms with van der Waals surface area (Å²) in [6.07, 6.45) is 0.226. The Bertz CT molecular complexity index is 1770. The summed E-state index contributed by atoms with van der Waals surface area (Å²) in [5, 5.41) is 1.74. The van der Waals surface area contributed by atoms with Crippen LogP contribution in [0.4, 0.5) is 15.3 Å². The van der Waals surface area contributed by atoms with Crippen LogP contribution in [0.5, 0.6) is 0 Å². The van der Waals surface area contributed by atoms with Crippen molar-refractivity contribution in [3.8, 4) is 11.3 Å². The van der Waals surface area contributed by atoms with Gasteiger partial charge in [0.1, 0.15) is 21.2 Å². The van der Waals surface area contributed by atoms with Crippen LogP contribution in [0.25, 0.3) is 38.3 Å². The number of hydrogen-bond acceptors (Lipinski definition) is 8. The van der Waals surface area contributed by atoms with E-state index in [-0.39, 0.29) is 18.0 Å². The number of anilines is 1. The summed E-state index contributed by atoms with van der Waals surface area (Å²) >= 11 is 7.43. The number of carbonyl (C=O) groups is 3. The molecule has 3 amide bonds. The van der Waals surface area contributed by atoms with Crippen LogP contribution in [-0.2, 0) is 9.47 Å². The van der Waals surface area contributed by atoms with E-state index >= 15 is 0 Å². The average molecular weight is 607 g/mol. The molecule has 5 rings (SSSR count). The van der Waals surface area contributed by atoms with Crippen LogP contribution in [0.15, 0.2) is 43.0 Å². The number of imide groups is 1. The van der Waals surface area contributed by atoms with Crippen LogP contribution in [0.1, 0.15) is 56.9 Å². The number of halogens is 1. The molecular formula is C31H31ClN4O5S. The summed E-state index contributed by atoms with van der Waals surface area (Å²) in [7, 11) is 0. The van der Waals surface area contributed by atoms with Gasteiger partial charge in [0.05, 0.1) is 29.1 Å². The lowest BCUT2D eigenvalue weighted by Gasteiger charge is -2.27. The minimum absolute atomic E-state index is 0.0282. The Balaban J connectivity index is 1.70. The maximum atomic E-state index is 13.9. The third-order valence-electron chi connectivity index (χ3n) is 6.30. The summed E-state index contributed by atoms with van der Waals surface area (Å²) in [5.41, 5.74) is 1.53. The molecule has 0 aliphatic carbocycles. The lowest BCUT2D eigenvalue weighted by molar-refractivity contribution is 0.0245. The van der Waals surface area contributed by atoms with Crippen molar-refractivity contribution in [2.45, 2.75) is 52.7 Å². The maximum absolute atomic E-state index is 13.9. The van der Waals surface area contributed by atoms with Crippen molar-refractivity contribution in [3.05, 3.63) is 58.7 Å². The van der Waals surface area contributed by atoms with E-state index in [1.165, 1.54) is 16.2 Å². The highest BCUT2D eigenvalue weighted by molar-refractivity contribution is 7.21. The number of nitrogens with zero attached hydrogens (tertiary/aromatic N) is 4. The van der Waals surface area contributed by atoms with Crippen molar-refractivity contribution in [1.82, 2.24) is 14.9 Å². The topological polar surface area (TPSA) is 102 Å². The number of ether oxygens (including phenoxy) is 2. The van der Waals surface area contributed by atoms with Gasteiger partial charge in [0, 0.05) is 27.6 Å². The second kappa shape index (κ2) is 10.7. The smallest absolute Gasteiger partial charge is 0.417 e. The molecule has 0 spiro atoms. The van der Waals surface area contributed by atoms with E-state index in [0.717, 1.165) is 20.5 Å². The summed E-state index contributed by atoms with van der Waals surface area (Å²) < 4.78 is 12.0. The fourth-order valence-electron chi connectivity index (χ4n) is 4.64. The number of amides is 3. The minimum atomic E-state index is -0.803. The van der Waals surface area contributed by atoms with Gasteiger partial charge in [-0.1, -0.05) is 18.2 Å². The first kappa shape index (κ1) is 29.5. The molecule has 0 N–H and O–H groups in total. The fraction of sp³-hybridized carbons (Fsp3) is 0.323. The molecule has 4 aromatic rings. The second-order valence-electron chi connectivity index (χ2n) is 11.9. The Morgan fingerprint density at radius 1 is 0.952 bits per heavy atom. The molecule has 0 atom stereocenters. The Labute approximate surface area is 252 Å². The van der Waals surface area contributed by atoms with Crippen LogP contribution in [0.3, 0.4) is 0 Å². The van der Waals surface area contributed by atoms with Crippen molar-refractivity contribution in [3.63, 3.8) is 0 Å². The fourth-order valence-corrected chi connectivity index (χ4v) is 6.03. The Morgan fingerprint density at radius 3 is 2.24 bits per heavy atom. The van der Waals surface area contributed by atoms with Gasteiger partial charge in [-0.15, -0.1) is 11.3 Å². The van der Waals surface area contributed by atoms with Gasteiger partial charge in [-0.05, 0) is 84.0 Å². The largest absolute Gasteiger partial charge is 0.443 e. The molecule has 1 aliphatic rings. The molecule has 11 heteroatoms. The number of thiophene rings is 1. The Kier molecular flexibility index (Phi) is 7.49. The molecule has 9 nitrogen and oxygen atoms in total. The van der Waals surface area contributed by atoms with Crippen LogP contribution in [0, 0.1) is 0 Å². The zero-order chi connectivity index (χ0) is 30.6. The molecule has 0 fully saturated rings. The monoisotopic (exact) mass is 606 g/mol. The Morgan fingerprint density at radius 2 is 1.60 bits per heavy atom. The zero-order valence-corrected chi connectivity index (χ0v) is 25.9. The molecule has 0 unspecified atom stereocenters. The van der Waals surface area contributed by atoms with Crippen LogP contribution < -0.4 is 4.90 Å². The number of carbonyl (C=O) groups excluding carboxylic acids is 3. The molecule has 218 valence electrons. The van der Waals surface area contributed by atoms with E-state index in [4.69, 9.17) is 26.1 Å². The minimum Gasteiger partial charge on any atom is -0.443 e. The molecule has 0 radical (unpaired) electrons. The summed E-state index contributed by atoms with van der Waals surface area (Å²) in [6.45, 7) is 14.3. The highest BCUT2D eigenvalue weighted by atomic mass is 35.5. The van der Waals surface area contributed by atoms with E-state index in [0.29, 0.717) is 33.1 Å². The van der Waals surface area contributed by atoms with E-state index in [1.807, 2.05) is 30.3 Å². The number of rotatable bonds is 2. The molecule has 42 heavy (non-hydrogen) atoms. The number of aromatic nitrogens is 2. The highest BCUT2D eigenvalue weighted by Crippen LogP contribution is 2.44. The number of fused-ring (bicyclic) bond motifs is 5. The van der Waals surface area contributed by atoms with E-state index in [9.17, 15) is 14.4 Å². The van der Waals surface area contributed by atoms with Gasteiger partial charge in [0.25, 0.3) is 5.91 Å². The predicted octanol–water partition coefficient (Wildman–Crippen LogP) is 7.94. The molecule has 0 bridgehead atoms. The SMILES string of the molecule is C=Cc1cc(-c2ccc3c(ccc4sc5c(c43)N(C(=O)OC(C)(C)C)CCN(C(=O)OC(C)(C)C)C5=O)n2)cc(Cl)n1. The first-order chi connectivity index (χ1) is 19.6. The van der Waals surface area contributed by atoms with Crippen molar-refractivity contribution >= 4 is 73.8 Å². The van der Waals surface area contributed by atoms with Crippen molar-refractivity contribution in [2.75, 3.05) is 18.0 Å². The zero-order valence-electron chi connectivity index (χ0n) is 24.3. The third kappa shape index (κ3) is 5.82. The molecule has 1 aliphatic heterocycles. The van der Waals surface area contributed by atoms with Gasteiger partial charge in [-0.25, -0.2) is 24.5 Å². The average Bonchev–Trinajstić information content (AvgIpc) is 3.21. The maximum Gasteiger partial charge on any atom is 0.417 e. The quantitative estimate of drug-likeness (QED) is 0.213. The van der Waals surface area contributed by atoms with Gasteiger partial charge < -0.3 is 9.47 Å². The lowest BCUT2D eigenvalue weighted by Crippen LogP contribution is -2.44. The third-order valence-corrected chi connectivity index (χ3v) is 7.63. The standard InChI is InChI=1S/C31H31ClN4O5S/c1-8-18-15-17(16-23(32)33-18)20-10-9-19-21(34-20)11-12-22-24(19)25-26(42-22)27(37)36(29(39)41-31(5,6)7)14-13-35(25)28(38)40-30(2,3)4/h8-12,15-16H,1,13-14H2,2-7H3. The summed E-state index contributed by atoms with van der Waals surface area (Å²) in [6, 6.07) is 11.1. The van der Waals surface area contributed by atoms with Gasteiger partial charge in [-0.2, -0.15) is 0 Å². The van der Waals surface area contributed by atoms with Crippen molar-refractivity contribution in [1.29, 1.82) is 0 Å². The summed E-state index contributed by atoms with van der Waals surface area (Å²) in [4.78, 5) is 52.4. The van der Waals surface area contributed by atoms with Gasteiger partial charge in [-0.3, -0.25) is 9.69 Å². The van der Waals surface area contributed by atoms with E-state index in [2.05, 4.69) is 11.6 Å². The van der Waals surface area contributed by atoms with Crippen molar-refractivity contribution in [2.24, 2.45) is 0 Å². The molecule has 0 saturated heterocycles. The predicted molar refractivity (Wildman–Crippen MR) is 166 cm³/mol. The van der Waals surface area contributed by atoms with E-state index < -0.39 is 29.3 Å². The molecular weight excluding hydrogens is 576 g/mol. The summed E-state index contributed by atoms with van der Waals surface area (Å²) in [5.74, 6) is -0.535. The molecule has 4 heterocycles. The lowest BCUT2D eigenvalue weighted by atomic mass is 10.1. The van der Waals surface area contributed by atoms with Crippen molar-refractivity contribution < 1.29 is 23.9 Å². The van der Waals surface area contributed by atoms with Crippen LogP contribution in [0.2, 0.25) is 5.15 Å². The molecule has 3 aromatic heterocycles. The van der Waals surface area contributed by atoms with E-state index in [1.54, 1.807) is 53.7 Å². The number of benzene rings is 1. The van der Waals surface area contributed by atoms with Crippen LogP contribution in [-0.4, -0.2) is 57.3 Å². The van der Waals surface area contributed by atoms with Crippen LogP contribution >= 0.6 is 22.9 Å². The number of hydrogen-bond donors (Lipinski definition) is 0. The second-order valence-corrected chi connectivity index (χ2v) is 13.3. The molecule has 1 aromatic carbocycles. The van der Waals surface area contributed by atoms with Gasteiger partial charge in [0.15, 0.2) is 0 Å².